The van der Waals surface area contributed by atoms with Crippen LogP contribution in [-0.4, -0.2) is 19.6 Å². The number of aromatic amines is 2. The fourth-order valence-corrected chi connectivity index (χ4v) is 5.28. The van der Waals surface area contributed by atoms with E-state index in [9.17, 15) is 9.59 Å². The summed E-state index contributed by atoms with van der Waals surface area (Å²) in [6, 6.07) is 22.2. The number of nitrogens with zero attached hydrogens (tertiary/aromatic N) is 2. The fourth-order valence-electron chi connectivity index (χ4n) is 4.51. The summed E-state index contributed by atoms with van der Waals surface area (Å²) in [5.41, 5.74) is 3.82. The van der Waals surface area contributed by atoms with Gasteiger partial charge in [0, 0.05) is 25.4 Å². The number of nitrogens with one attached hydrogen (secondary N) is 2. The molecule has 6 nitrogen and oxygen atoms in total. The van der Waals surface area contributed by atoms with Crippen LogP contribution in [0.1, 0.15) is 34.0 Å². The average molecular weight is 629 g/mol. The average Bonchev–Trinajstić information content (AvgIpc) is 3.32. The third kappa shape index (κ3) is 4.34. The largest absolute Gasteiger partial charge is 0.295 e. The summed E-state index contributed by atoms with van der Waals surface area (Å²) in [4.78, 5) is 27.7. The van der Waals surface area contributed by atoms with E-state index in [4.69, 9.17) is 11.6 Å². The number of hydrogen-bond acceptors (Lipinski definition) is 2. The van der Waals surface area contributed by atoms with Gasteiger partial charge in [0.05, 0.1) is 28.4 Å². The predicted molar refractivity (Wildman–Crippen MR) is 150 cm³/mol. The molecule has 5 aromatic rings. The van der Waals surface area contributed by atoms with Crippen LogP contribution < -0.4 is 11.1 Å². The van der Waals surface area contributed by atoms with E-state index in [1.54, 1.807) is 6.07 Å². The molecule has 0 fully saturated rings. The molecule has 0 aliphatic rings. The van der Waals surface area contributed by atoms with E-state index in [-0.39, 0.29) is 11.1 Å². The molecule has 36 heavy (non-hydrogen) atoms. The van der Waals surface area contributed by atoms with Crippen LogP contribution in [0.4, 0.5) is 0 Å². The van der Waals surface area contributed by atoms with Crippen molar-refractivity contribution in [1.29, 1.82) is 0 Å². The summed E-state index contributed by atoms with van der Waals surface area (Å²) in [6.07, 6.45) is 0. The predicted octanol–water partition coefficient (Wildman–Crippen LogP) is 6.62. The Morgan fingerprint density at radius 1 is 0.694 bits per heavy atom. The monoisotopic (exact) mass is 626 g/mol. The van der Waals surface area contributed by atoms with Gasteiger partial charge in [-0.2, -0.15) is 0 Å². The van der Waals surface area contributed by atoms with Crippen LogP contribution in [0.15, 0.2) is 91.3 Å². The summed E-state index contributed by atoms with van der Waals surface area (Å²) in [5, 5.41) is 6.87. The van der Waals surface area contributed by atoms with E-state index in [2.05, 4.69) is 42.1 Å². The van der Waals surface area contributed by atoms with Crippen molar-refractivity contribution in [2.24, 2.45) is 0 Å². The maximum atomic E-state index is 13.9. The van der Waals surface area contributed by atoms with Crippen molar-refractivity contribution < 1.29 is 0 Å². The first-order valence-electron chi connectivity index (χ1n) is 11.2. The fraction of sp³-hybridized carbons (Fsp3) is 0.111. The first-order valence-corrected chi connectivity index (χ1v) is 13.1. The number of halogens is 3. The quantitative estimate of drug-likeness (QED) is 0.230. The van der Waals surface area contributed by atoms with Gasteiger partial charge < -0.3 is 0 Å². The first-order chi connectivity index (χ1) is 17.3. The van der Waals surface area contributed by atoms with Crippen molar-refractivity contribution in [2.75, 3.05) is 0 Å². The van der Waals surface area contributed by atoms with Crippen molar-refractivity contribution in [1.82, 2.24) is 19.6 Å². The number of aryl methyl sites for hydroxylation is 2. The molecule has 0 atom stereocenters. The number of rotatable bonds is 5. The van der Waals surface area contributed by atoms with Gasteiger partial charge >= 0.3 is 0 Å². The highest BCUT2D eigenvalue weighted by atomic mass is 79.9. The Morgan fingerprint density at radius 3 is 1.53 bits per heavy atom. The normalized spacial score (nSPS) is 11.4. The molecule has 2 heterocycles. The van der Waals surface area contributed by atoms with Gasteiger partial charge in [-0.25, -0.2) is 9.36 Å². The molecule has 2 aromatic heterocycles. The van der Waals surface area contributed by atoms with Crippen LogP contribution in [0.3, 0.4) is 0 Å². The molecule has 0 radical (unpaired) electrons. The lowest BCUT2D eigenvalue weighted by Crippen LogP contribution is -2.25. The highest BCUT2D eigenvalue weighted by molar-refractivity contribution is 9.10. The van der Waals surface area contributed by atoms with E-state index in [0.29, 0.717) is 44.5 Å². The van der Waals surface area contributed by atoms with Gasteiger partial charge in [0.1, 0.15) is 0 Å². The second-order valence-corrected chi connectivity index (χ2v) is 10.7. The molecule has 0 unspecified atom stereocenters. The van der Waals surface area contributed by atoms with Crippen molar-refractivity contribution >= 4 is 43.5 Å². The summed E-state index contributed by atoms with van der Waals surface area (Å²) < 4.78 is 4.81. The summed E-state index contributed by atoms with van der Waals surface area (Å²) in [7, 11) is 0. The van der Waals surface area contributed by atoms with Crippen molar-refractivity contribution in [2.45, 2.75) is 19.8 Å². The summed E-state index contributed by atoms with van der Waals surface area (Å²) in [6.45, 7) is 3.68. The van der Waals surface area contributed by atoms with Gasteiger partial charge in [0.15, 0.2) is 0 Å². The maximum absolute atomic E-state index is 13.9. The molecule has 0 amide bonds. The highest BCUT2D eigenvalue weighted by Gasteiger charge is 2.32. The van der Waals surface area contributed by atoms with Crippen LogP contribution in [0.5, 0.6) is 0 Å². The lowest BCUT2D eigenvalue weighted by atomic mass is 9.85. The molecular formula is C27H21Br2ClN4O2. The molecule has 3 aromatic carbocycles. The van der Waals surface area contributed by atoms with Gasteiger partial charge in [-0.15, -0.1) is 0 Å². The number of benzene rings is 3. The lowest BCUT2D eigenvalue weighted by Gasteiger charge is -2.17. The number of hydrogen-bond donors (Lipinski definition) is 2. The number of aromatic nitrogens is 4. The number of H-pyrrole nitrogens is 2. The lowest BCUT2D eigenvalue weighted by molar-refractivity contribution is 0.830. The Kier molecular flexibility index (Phi) is 6.68. The topological polar surface area (TPSA) is 75.6 Å². The van der Waals surface area contributed by atoms with Crippen LogP contribution in [0.25, 0.3) is 11.4 Å². The first kappa shape index (κ1) is 24.6. The molecule has 0 saturated heterocycles. The molecule has 0 bridgehead atoms. The third-order valence-corrected chi connectivity index (χ3v) is 7.60. The smallest absolute Gasteiger partial charge is 0.275 e. The van der Waals surface area contributed by atoms with E-state index in [1.165, 1.54) is 9.36 Å². The second kappa shape index (κ2) is 9.76. The minimum Gasteiger partial charge on any atom is -0.295 e. The minimum atomic E-state index is -0.681. The Balaban J connectivity index is 1.77. The molecule has 182 valence electrons. The molecule has 0 aliphatic carbocycles. The maximum Gasteiger partial charge on any atom is 0.275 e. The molecular weight excluding hydrogens is 608 g/mol. The molecule has 2 N–H and O–H groups in total. The molecule has 0 spiro atoms. The van der Waals surface area contributed by atoms with Crippen molar-refractivity contribution in [3.8, 4) is 11.4 Å². The van der Waals surface area contributed by atoms with Gasteiger partial charge in [-0.1, -0.05) is 61.7 Å². The zero-order valence-electron chi connectivity index (χ0n) is 19.4. The highest BCUT2D eigenvalue weighted by Crippen LogP contribution is 2.36. The van der Waals surface area contributed by atoms with Crippen LogP contribution in [0.2, 0.25) is 5.02 Å². The Bertz CT molecular complexity index is 1580. The molecule has 9 heteroatoms. The summed E-state index contributed by atoms with van der Waals surface area (Å²) in [5.74, 6) is -0.681. The SMILES string of the molecule is Cc1[nH]n(-c2ccc(Br)cc2)c(=O)c1C(c1ccccc1Cl)c1c(C)[nH]n(-c2ccc(Br)cc2)c1=O. The van der Waals surface area contributed by atoms with Crippen molar-refractivity contribution in [3.05, 3.63) is 136 Å². The van der Waals surface area contributed by atoms with Crippen LogP contribution >= 0.6 is 43.5 Å². The Morgan fingerprint density at radius 2 is 1.11 bits per heavy atom. The van der Waals surface area contributed by atoms with E-state index in [1.807, 2.05) is 80.6 Å². The minimum absolute atomic E-state index is 0.241. The van der Waals surface area contributed by atoms with Gasteiger partial charge in [-0.3, -0.25) is 19.8 Å². The zero-order valence-corrected chi connectivity index (χ0v) is 23.3. The molecule has 5 rings (SSSR count). The van der Waals surface area contributed by atoms with E-state index < -0.39 is 5.92 Å². The van der Waals surface area contributed by atoms with Gasteiger partial charge in [0.2, 0.25) is 0 Å². The van der Waals surface area contributed by atoms with Gasteiger partial charge in [0.25, 0.3) is 11.1 Å². The van der Waals surface area contributed by atoms with E-state index in [0.717, 1.165) is 8.95 Å². The van der Waals surface area contributed by atoms with E-state index >= 15 is 0 Å². The third-order valence-electron chi connectivity index (χ3n) is 6.20. The van der Waals surface area contributed by atoms with Crippen molar-refractivity contribution in [3.63, 3.8) is 0 Å². The molecule has 0 aliphatic heterocycles. The standard InChI is InChI=1S/C27H21Br2ClN4O2/c1-15-23(26(35)33(31-15)19-11-7-17(28)8-12-19)25(21-5-3-4-6-22(21)30)24-16(2)32-34(27(24)36)20-13-9-18(29)10-14-20/h3-14,25,31-32H,1-2H3. The van der Waals surface area contributed by atoms with Gasteiger partial charge in [-0.05, 0) is 74.0 Å². The Labute approximate surface area is 228 Å². The Hall–Kier alpha value is -3.07. The zero-order chi connectivity index (χ0) is 25.6. The second-order valence-electron chi connectivity index (χ2n) is 8.49. The molecule has 0 saturated carbocycles. The summed E-state index contributed by atoms with van der Waals surface area (Å²) >= 11 is 13.5. The van der Waals surface area contributed by atoms with Crippen LogP contribution in [-0.2, 0) is 0 Å². The van der Waals surface area contributed by atoms with Crippen LogP contribution in [0, 0.1) is 13.8 Å².